The van der Waals surface area contributed by atoms with Crippen molar-refractivity contribution in [1.82, 2.24) is 9.97 Å². The van der Waals surface area contributed by atoms with E-state index >= 15 is 0 Å². The molecule has 1 N–H and O–H groups in total. The average Bonchev–Trinajstić information content (AvgIpc) is 2.46. The monoisotopic (exact) mass is 269 g/mol. The van der Waals surface area contributed by atoms with Crippen LogP contribution in [-0.4, -0.2) is 21.7 Å². The molecule has 0 aliphatic heterocycles. The number of nitrogens with one attached hydrogen (secondary N) is 1. The molecular weight excluding hydrogens is 254 g/mol. The third-order valence-electron chi connectivity index (χ3n) is 2.77. The van der Waals surface area contributed by atoms with Gasteiger partial charge in [-0.15, -0.1) is 0 Å². The van der Waals surface area contributed by atoms with Crippen molar-refractivity contribution in [3.05, 3.63) is 53.9 Å². The number of hydrogen-bond acceptors (Lipinski definition) is 4. The lowest BCUT2D eigenvalue weighted by atomic mass is 10.1. The molecule has 102 valence electrons. The Morgan fingerprint density at radius 3 is 2.35 bits per heavy atom. The second kappa shape index (κ2) is 6.56. The van der Waals surface area contributed by atoms with Gasteiger partial charge in [-0.3, -0.25) is 14.9 Å². The molecule has 5 nitrogen and oxygen atoms in total. The zero-order chi connectivity index (χ0) is 14.4. The van der Waals surface area contributed by atoms with Gasteiger partial charge in [0.25, 0.3) is 0 Å². The number of hydrogen-bond donors (Lipinski definition) is 1. The van der Waals surface area contributed by atoms with Crippen LogP contribution >= 0.6 is 0 Å². The zero-order valence-electron chi connectivity index (χ0n) is 11.2. The lowest BCUT2D eigenvalue weighted by molar-refractivity contribution is -0.116. The number of ketones is 1. The van der Waals surface area contributed by atoms with Gasteiger partial charge in [0, 0.05) is 30.8 Å². The van der Waals surface area contributed by atoms with Crippen LogP contribution in [0.25, 0.3) is 0 Å². The summed E-state index contributed by atoms with van der Waals surface area (Å²) in [6, 6.07) is 8.97. The number of carbonyl (C=O) groups excluding carboxylic acids is 2. The standard InChI is InChI=1S/C15H15N3O2/c1-11-3-5-12(6-4-11)13(19)7-8-14(20)18-15-16-9-2-10-17-15/h2-6,9-10H,7-8H2,1H3,(H,16,17,18,20). The van der Waals surface area contributed by atoms with E-state index < -0.39 is 0 Å². The Labute approximate surface area is 117 Å². The second-order valence-corrected chi connectivity index (χ2v) is 4.41. The van der Waals surface area contributed by atoms with Gasteiger partial charge in [-0.25, -0.2) is 9.97 Å². The molecule has 1 aromatic carbocycles. The Morgan fingerprint density at radius 2 is 1.70 bits per heavy atom. The van der Waals surface area contributed by atoms with E-state index in [2.05, 4.69) is 15.3 Å². The van der Waals surface area contributed by atoms with Crippen molar-refractivity contribution in [3.63, 3.8) is 0 Å². The number of nitrogens with zero attached hydrogens (tertiary/aromatic N) is 2. The first-order valence-corrected chi connectivity index (χ1v) is 6.32. The van der Waals surface area contributed by atoms with Crippen LogP contribution in [0, 0.1) is 6.92 Å². The Morgan fingerprint density at radius 1 is 1.05 bits per heavy atom. The first-order chi connectivity index (χ1) is 9.65. The first kappa shape index (κ1) is 13.9. The lowest BCUT2D eigenvalue weighted by Crippen LogP contribution is -2.15. The second-order valence-electron chi connectivity index (χ2n) is 4.41. The first-order valence-electron chi connectivity index (χ1n) is 6.32. The number of carbonyl (C=O) groups is 2. The fraction of sp³-hybridized carbons (Fsp3) is 0.200. The average molecular weight is 269 g/mol. The van der Waals surface area contributed by atoms with Crippen molar-refractivity contribution in [2.24, 2.45) is 0 Å². The molecule has 0 aliphatic carbocycles. The molecule has 0 atom stereocenters. The summed E-state index contributed by atoms with van der Waals surface area (Å²) in [5, 5.41) is 2.54. The zero-order valence-corrected chi connectivity index (χ0v) is 11.2. The predicted octanol–water partition coefficient (Wildman–Crippen LogP) is 2.39. The molecular formula is C15H15N3O2. The molecule has 0 fully saturated rings. The highest BCUT2D eigenvalue weighted by atomic mass is 16.2. The number of aromatic nitrogens is 2. The Balaban J connectivity index is 1.84. The van der Waals surface area contributed by atoms with Crippen molar-refractivity contribution in [2.45, 2.75) is 19.8 Å². The summed E-state index contributed by atoms with van der Waals surface area (Å²) < 4.78 is 0. The van der Waals surface area contributed by atoms with E-state index in [0.29, 0.717) is 5.56 Å². The third-order valence-corrected chi connectivity index (χ3v) is 2.77. The topological polar surface area (TPSA) is 72.0 Å². The van der Waals surface area contributed by atoms with E-state index in [1.807, 2.05) is 19.1 Å². The molecule has 0 aliphatic rings. The van der Waals surface area contributed by atoms with E-state index in [-0.39, 0.29) is 30.5 Å². The van der Waals surface area contributed by atoms with Crippen LogP contribution in [0.4, 0.5) is 5.95 Å². The Kier molecular flexibility index (Phi) is 4.55. The van der Waals surface area contributed by atoms with Gasteiger partial charge in [-0.2, -0.15) is 0 Å². The minimum absolute atomic E-state index is 0.0471. The van der Waals surface area contributed by atoms with Gasteiger partial charge < -0.3 is 0 Å². The molecule has 1 amide bonds. The molecule has 20 heavy (non-hydrogen) atoms. The third kappa shape index (κ3) is 3.98. The Bertz CT molecular complexity index is 594. The quantitative estimate of drug-likeness (QED) is 0.846. The molecule has 1 aromatic heterocycles. The maximum atomic E-state index is 11.9. The molecule has 2 rings (SSSR count). The molecule has 0 bridgehead atoms. The summed E-state index contributed by atoms with van der Waals surface area (Å²) in [7, 11) is 0. The van der Waals surface area contributed by atoms with Crippen molar-refractivity contribution in [3.8, 4) is 0 Å². The van der Waals surface area contributed by atoms with Crippen LogP contribution in [0.2, 0.25) is 0 Å². The van der Waals surface area contributed by atoms with E-state index in [1.54, 1.807) is 30.6 Å². The van der Waals surface area contributed by atoms with Gasteiger partial charge in [0.05, 0.1) is 0 Å². The highest BCUT2D eigenvalue weighted by Gasteiger charge is 2.10. The smallest absolute Gasteiger partial charge is 0.229 e. The fourth-order valence-corrected chi connectivity index (χ4v) is 1.66. The maximum Gasteiger partial charge on any atom is 0.229 e. The van der Waals surface area contributed by atoms with Crippen molar-refractivity contribution in [1.29, 1.82) is 0 Å². The van der Waals surface area contributed by atoms with Crippen molar-refractivity contribution >= 4 is 17.6 Å². The van der Waals surface area contributed by atoms with Gasteiger partial charge in [0.2, 0.25) is 11.9 Å². The van der Waals surface area contributed by atoms with E-state index in [0.717, 1.165) is 5.56 Å². The van der Waals surface area contributed by atoms with Crippen LogP contribution in [0.15, 0.2) is 42.7 Å². The number of anilines is 1. The molecule has 5 heteroatoms. The summed E-state index contributed by atoms with van der Waals surface area (Å²) in [6.07, 6.45) is 3.37. The van der Waals surface area contributed by atoms with Crippen molar-refractivity contribution in [2.75, 3.05) is 5.32 Å². The normalized spacial score (nSPS) is 10.1. The molecule has 0 radical (unpaired) electrons. The SMILES string of the molecule is Cc1ccc(C(=O)CCC(=O)Nc2ncccn2)cc1. The minimum atomic E-state index is -0.267. The largest absolute Gasteiger partial charge is 0.295 e. The van der Waals surface area contributed by atoms with Crippen LogP contribution in [0.5, 0.6) is 0 Å². The van der Waals surface area contributed by atoms with Crippen LogP contribution < -0.4 is 5.32 Å². The predicted molar refractivity (Wildman–Crippen MR) is 75.4 cm³/mol. The van der Waals surface area contributed by atoms with Crippen LogP contribution in [0.1, 0.15) is 28.8 Å². The lowest BCUT2D eigenvalue weighted by Gasteiger charge is -2.03. The Hall–Kier alpha value is -2.56. The highest BCUT2D eigenvalue weighted by molar-refractivity contribution is 5.99. The molecule has 0 spiro atoms. The number of amides is 1. The number of benzene rings is 1. The van der Waals surface area contributed by atoms with Gasteiger partial charge in [-0.05, 0) is 13.0 Å². The van der Waals surface area contributed by atoms with Crippen LogP contribution in [-0.2, 0) is 4.79 Å². The summed E-state index contributed by atoms with van der Waals surface area (Å²) in [5.74, 6) is -0.0638. The summed E-state index contributed by atoms with van der Waals surface area (Å²) in [6.45, 7) is 1.96. The van der Waals surface area contributed by atoms with Crippen molar-refractivity contribution < 1.29 is 9.59 Å². The van der Waals surface area contributed by atoms with Gasteiger partial charge in [0.15, 0.2) is 5.78 Å². The van der Waals surface area contributed by atoms with E-state index in [9.17, 15) is 9.59 Å². The van der Waals surface area contributed by atoms with E-state index in [4.69, 9.17) is 0 Å². The molecule has 0 saturated carbocycles. The molecule has 2 aromatic rings. The van der Waals surface area contributed by atoms with Gasteiger partial charge in [0.1, 0.15) is 0 Å². The van der Waals surface area contributed by atoms with Gasteiger partial charge in [-0.1, -0.05) is 29.8 Å². The minimum Gasteiger partial charge on any atom is -0.295 e. The molecule has 0 saturated heterocycles. The molecule has 0 unspecified atom stereocenters. The summed E-state index contributed by atoms with van der Waals surface area (Å²) in [5.41, 5.74) is 1.72. The van der Waals surface area contributed by atoms with Gasteiger partial charge >= 0.3 is 0 Å². The summed E-state index contributed by atoms with van der Waals surface area (Å²) in [4.78, 5) is 31.3. The summed E-state index contributed by atoms with van der Waals surface area (Å²) >= 11 is 0. The van der Waals surface area contributed by atoms with Crippen LogP contribution in [0.3, 0.4) is 0 Å². The number of rotatable bonds is 5. The number of aryl methyl sites for hydroxylation is 1. The highest BCUT2D eigenvalue weighted by Crippen LogP contribution is 2.08. The fourth-order valence-electron chi connectivity index (χ4n) is 1.66. The molecule has 1 heterocycles. The maximum absolute atomic E-state index is 11.9. The number of Topliss-reactive ketones (excluding diaryl/α,β-unsaturated/α-hetero) is 1. The van der Waals surface area contributed by atoms with E-state index in [1.165, 1.54) is 0 Å².